The Hall–Kier alpha value is -3.43. The Bertz CT molecular complexity index is 1660. The molecule has 1 aliphatic heterocycles. The van der Waals surface area contributed by atoms with Crippen LogP contribution in [0.3, 0.4) is 0 Å². The molecular weight excluding hydrogens is 582 g/mol. The number of carboxylic acid groups (broad SMARTS) is 1. The average Bonchev–Trinajstić information content (AvgIpc) is 3.49. The van der Waals surface area contributed by atoms with E-state index in [0.29, 0.717) is 35.2 Å². The Labute approximate surface area is 230 Å². The fourth-order valence-electron chi connectivity index (χ4n) is 4.36. The van der Waals surface area contributed by atoms with Crippen LogP contribution in [-0.2, 0) is 22.1 Å². The summed E-state index contributed by atoms with van der Waals surface area (Å²) in [5.74, 6) is -3.41. The van der Waals surface area contributed by atoms with E-state index in [2.05, 4.69) is 15.0 Å². The summed E-state index contributed by atoms with van der Waals surface area (Å²) in [5.41, 5.74) is 1.46. The van der Waals surface area contributed by atoms with Gasteiger partial charge < -0.3 is 15.0 Å². The molecule has 40 heavy (non-hydrogen) atoms. The number of aliphatic carboxylic acids is 1. The molecule has 1 saturated heterocycles. The number of nitrogens with zero attached hydrogens (tertiary/aromatic N) is 3. The predicted molar refractivity (Wildman–Crippen MR) is 141 cm³/mol. The van der Waals surface area contributed by atoms with E-state index in [1.165, 1.54) is 21.3 Å². The van der Waals surface area contributed by atoms with Gasteiger partial charge >= 0.3 is 22.4 Å². The van der Waals surface area contributed by atoms with Crippen molar-refractivity contribution >= 4 is 55.7 Å². The standard InChI is InChI=1S/C22H23ClFN5O3S.C2HF3O2/c1-13-15(5-6-16-18(13)21(30)28(2)12-25-16)26-20-14(24)3-4-17(19(20)23)27-33(31,32)29-10-9-22(11-29)7-8-22;3-2(4,5)1(6)7/h3-6,12,26-27H,7-11H2,1-2H3;(H,6,7). The second-order valence-electron chi connectivity index (χ2n) is 9.70. The van der Waals surface area contributed by atoms with Gasteiger partial charge in [0.2, 0.25) is 0 Å². The molecular formula is C24H24ClF4N5O5S. The highest BCUT2D eigenvalue weighted by atomic mass is 35.5. The lowest BCUT2D eigenvalue weighted by Gasteiger charge is -2.20. The number of carboxylic acids is 1. The number of nitrogens with one attached hydrogen (secondary N) is 2. The third-order valence-corrected chi connectivity index (χ3v) is 8.74. The van der Waals surface area contributed by atoms with Crippen LogP contribution in [0.5, 0.6) is 0 Å². The van der Waals surface area contributed by atoms with E-state index in [1.807, 2.05) is 0 Å². The van der Waals surface area contributed by atoms with Crippen molar-refractivity contribution in [1.29, 1.82) is 0 Å². The molecule has 2 aliphatic rings. The molecule has 3 N–H and O–H groups in total. The highest BCUT2D eigenvalue weighted by molar-refractivity contribution is 7.90. The molecule has 5 rings (SSSR count). The first-order chi connectivity index (χ1) is 18.5. The molecule has 0 amide bonds. The largest absolute Gasteiger partial charge is 0.490 e. The number of alkyl halides is 3. The highest BCUT2D eigenvalue weighted by Gasteiger charge is 2.50. The van der Waals surface area contributed by atoms with E-state index in [-0.39, 0.29) is 27.4 Å². The van der Waals surface area contributed by atoms with Crippen molar-refractivity contribution in [3.8, 4) is 0 Å². The molecule has 16 heteroatoms. The van der Waals surface area contributed by atoms with Crippen LogP contribution in [-0.4, -0.2) is 52.6 Å². The third-order valence-electron chi connectivity index (χ3n) is 6.88. The van der Waals surface area contributed by atoms with Gasteiger partial charge in [0.15, 0.2) is 0 Å². The summed E-state index contributed by atoms with van der Waals surface area (Å²) < 4.78 is 77.5. The van der Waals surface area contributed by atoms with Crippen molar-refractivity contribution in [2.24, 2.45) is 12.5 Å². The number of aromatic nitrogens is 2. The van der Waals surface area contributed by atoms with Gasteiger partial charge in [-0.1, -0.05) is 11.6 Å². The summed E-state index contributed by atoms with van der Waals surface area (Å²) in [4.78, 5) is 25.7. The van der Waals surface area contributed by atoms with E-state index in [9.17, 15) is 30.8 Å². The monoisotopic (exact) mass is 605 g/mol. The van der Waals surface area contributed by atoms with Crippen molar-refractivity contribution in [3.05, 3.63) is 57.3 Å². The minimum absolute atomic E-state index is 0.0772. The normalized spacial score (nSPS) is 16.5. The zero-order valence-electron chi connectivity index (χ0n) is 21.1. The van der Waals surface area contributed by atoms with Gasteiger partial charge in [-0.05, 0) is 61.4 Å². The Kier molecular flexibility index (Phi) is 7.77. The molecule has 0 radical (unpaired) electrons. The van der Waals surface area contributed by atoms with Crippen molar-refractivity contribution in [2.45, 2.75) is 32.4 Å². The van der Waals surface area contributed by atoms with E-state index in [1.54, 1.807) is 26.1 Å². The molecule has 10 nitrogen and oxygen atoms in total. The Morgan fingerprint density at radius 2 is 1.77 bits per heavy atom. The van der Waals surface area contributed by atoms with Crippen LogP contribution >= 0.6 is 11.6 Å². The van der Waals surface area contributed by atoms with Crippen molar-refractivity contribution in [1.82, 2.24) is 13.9 Å². The van der Waals surface area contributed by atoms with Gasteiger partial charge in [0, 0.05) is 25.8 Å². The third kappa shape index (κ3) is 6.00. The first-order valence-corrected chi connectivity index (χ1v) is 13.6. The highest BCUT2D eigenvalue weighted by Crippen LogP contribution is 2.53. The summed E-state index contributed by atoms with van der Waals surface area (Å²) in [6.45, 7) is 2.68. The van der Waals surface area contributed by atoms with Crippen molar-refractivity contribution < 1.29 is 35.9 Å². The lowest BCUT2D eigenvalue weighted by atomic mass is 10.1. The molecule has 3 aromatic rings. The minimum Gasteiger partial charge on any atom is -0.475 e. The van der Waals surface area contributed by atoms with E-state index in [0.717, 1.165) is 25.3 Å². The van der Waals surface area contributed by atoms with Crippen LogP contribution in [0.15, 0.2) is 35.4 Å². The summed E-state index contributed by atoms with van der Waals surface area (Å²) in [6.07, 6.45) is -0.690. The minimum atomic E-state index is -5.08. The van der Waals surface area contributed by atoms with Crippen LogP contribution in [0, 0.1) is 18.2 Å². The number of rotatable bonds is 5. The molecule has 2 heterocycles. The summed E-state index contributed by atoms with van der Waals surface area (Å²) in [7, 11) is -2.22. The zero-order chi connectivity index (χ0) is 29.6. The Balaban J connectivity index is 0.000000470. The SMILES string of the molecule is Cc1c(Nc2c(F)ccc(NS(=O)(=O)N3CCC4(CC4)C3)c2Cl)ccc2ncn(C)c(=O)c12.O=C(O)C(F)(F)F. The van der Waals surface area contributed by atoms with E-state index >= 15 is 0 Å². The molecule has 0 unspecified atom stereocenters. The maximum Gasteiger partial charge on any atom is 0.490 e. The smallest absolute Gasteiger partial charge is 0.475 e. The summed E-state index contributed by atoms with van der Waals surface area (Å²) in [6, 6.07) is 5.78. The quantitative estimate of drug-likeness (QED) is 0.363. The van der Waals surface area contributed by atoms with Gasteiger partial charge in [0.05, 0.1) is 33.6 Å². The molecule has 0 bridgehead atoms. The predicted octanol–water partition coefficient (Wildman–Crippen LogP) is 4.55. The number of anilines is 3. The number of benzene rings is 2. The first-order valence-electron chi connectivity index (χ1n) is 11.8. The van der Waals surface area contributed by atoms with Gasteiger partial charge in [-0.2, -0.15) is 25.9 Å². The molecule has 1 aliphatic carbocycles. The number of halogens is 5. The molecule has 2 fully saturated rings. The topological polar surface area (TPSA) is 134 Å². The maximum atomic E-state index is 14.7. The number of fused-ring (bicyclic) bond motifs is 1. The maximum absolute atomic E-state index is 14.7. The molecule has 1 saturated carbocycles. The molecule has 1 spiro atoms. The fraction of sp³-hybridized carbons (Fsp3) is 0.375. The summed E-state index contributed by atoms with van der Waals surface area (Å²) >= 11 is 6.45. The number of hydrogen-bond acceptors (Lipinski definition) is 6. The average molecular weight is 606 g/mol. The molecule has 2 aromatic carbocycles. The Morgan fingerprint density at radius 3 is 2.35 bits per heavy atom. The summed E-state index contributed by atoms with van der Waals surface area (Å²) in [5, 5.41) is 10.4. The lowest BCUT2D eigenvalue weighted by Crippen LogP contribution is -2.34. The molecule has 1 aromatic heterocycles. The van der Waals surface area contributed by atoms with Crippen LogP contribution in [0.25, 0.3) is 10.9 Å². The van der Waals surface area contributed by atoms with Crippen molar-refractivity contribution in [3.63, 3.8) is 0 Å². The van der Waals surface area contributed by atoms with Gasteiger partial charge in [-0.3, -0.25) is 9.52 Å². The van der Waals surface area contributed by atoms with Crippen molar-refractivity contribution in [2.75, 3.05) is 23.1 Å². The van der Waals surface area contributed by atoms with E-state index < -0.39 is 28.2 Å². The van der Waals surface area contributed by atoms with Gasteiger partial charge in [0.25, 0.3) is 5.56 Å². The van der Waals surface area contributed by atoms with E-state index in [4.69, 9.17) is 21.5 Å². The zero-order valence-corrected chi connectivity index (χ0v) is 22.7. The van der Waals surface area contributed by atoms with Crippen LogP contribution < -0.4 is 15.6 Å². The Morgan fingerprint density at radius 1 is 1.15 bits per heavy atom. The first kappa shape index (κ1) is 29.6. The van der Waals surface area contributed by atoms with Gasteiger partial charge in [0.1, 0.15) is 5.82 Å². The van der Waals surface area contributed by atoms with Crippen LogP contribution in [0.4, 0.5) is 34.6 Å². The van der Waals surface area contributed by atoms with Gasteiger partial charge in [-0.15, -0.1) is 0 Å². The second-order valence-corrected chi connectivity index (χ2v) is 11.7. The second kappa shape index (κ2) is 10.5. The van der Waals surface area contributed by atoms with Crippen LogP contribution in [0.2, 0.25) is 5.02 Å². The number of carbonyl (C=O) groups is 1. The number of aryl methyl sites for hydroxylation is 2. The lowest BCUT2D eigenvalue weighted by molar-refractivity contribution is -0.192. The fourth-order valence-corrected chi connectivity index (χ4v) is 6.01. The van der Waals surface area contributed by atoms with Gasteiger partial charge in [-0.25, -0.2) is 14.2 Å². The molecule has 216 valence electrons. The molecule has 0 atom stereocenters. The number of hydrogen-bond donors (Lipinski definition) is 3. The van der Waals surface area contributed by atoms with Crippen LogP contribution in [0.1, 0.15) is 24.8 Å².